The molecule has 0 radical (unpaired) electrons. The molecule has 3 aromatic rings. The Labute approximate surface area is 182 Å². The predicted molar refractivity (Wildman–Crippen MR) is 121 cm³/mol. The van der Waals surface area contributed by atoms with Gasteiger partial charge in [0.15, 0.2) is 0 Å². The van der Waals surface area contributed by atoms with Crippen molar-refractivity contribution in [1.29, 1.82) is 0 Å². The van der Waals surface area contributed by atoms with Gasteiger partial charge in [0, 0.05) is 37.3 Å². The van der Waals surface area contributed by atoms with Crippen molar-refractivity contribution < 1.29 is 4.79 Å². The Bertz CT molecular complexity index is 1150. The van der Waals surface area contributed by atoms with Gasteiger partial charge in [0.05, 0.1) is 17.8 Å². The normalized spacial score (nSPS) is 15.3. The summed E-state index contributed by atoms with van der Waals surface area (Å²) in [5, 5.41) is 0. The summed E-state index contributed by atoms with van der Waals surface area (Å²) in [4.78, 5) is 31.1. The third-order valence-electron chi connectivity index (χ3n) is 6.00. The van der Waals surface area contributed by atoms with Crippen molar-refractivity contribution in [2.75, 3.05) is 33.2 Å². The molecule has 0 aliphatic carbocycles. The molecule has 1 aromatic heterocycles. The van der Waals surface area contributed by atoms with Crippen molar-refractivity contribution in [3.8, 4) is 22.4 Å². The molecule has 2 aliphatic heterocycles. The van der Waals surface area contributed by atoms with Crippen LogP contribution in [0, 0.1) is 0 Å². The van der Waals surface area contributed by atoms with Crippen molar-refractivity contribution in [1.82, 2.24) is 14.4 Å². The quantitative estimate of drug-likeness (QED) is 0.498. The number of benzene rings is 2. The second-order valence-corrected chi connectivity index (χ2v) is 7.83. The van der Waals surface area contributed by atoms with Gasteiger partial charge >= 0.3 is 0 Å². The summed E-state index contributed by atoms with van der Waals surface area (Å²) in [6.45, 7) is 3.64. The number of rotatable bonds is 2. The molecule has 2 aromatic carbocycles. The van der Waals surface area contributed by atoms with Crippen LogP contribution in [0.25, 0.3) is 22.4 Å². The summed E-state index contributed by atoms with van der Waals surface area (Å²) < 4.78 is 1.77. The second-order valence-electron chi connectivity index (χ2n) is 7.83. The summed E-state index contributed by atoms with van der Waals surface area (Å²) >= 11 is 0. The molecule has 0 N–H and O–H groups in total. The number of piperazine rings is 1. The van der Waals surface area contributed by atoms with Crippen LogP contribution in [0.2, 0.25) is 0 Å². The Morgan fingerprint density at radius 2 is 1.53 bits per heavy atom. The van der Waals surface area contributed by atoms with Gasteiger partial charge in [-0.15, -0.1) is 12.4 Å². The first-order valence-electron chi connectivity index (χ1n) is 10.0. The molecule has 0 bridgehead atoms. The maximum atomic E-state index is 13.6. The lowest BCUT2D eigenvalue weighted by atomic mass is 9.99. The lowest BCUT2D eigenvalue weighted by molar-refractivity contribution is 0.0664. The van der Waals surface area contributed by atoms with E-state index in [1.165, 1.54) is 0 Å². The highest BCUT2D eigenvalue weighted by molar-refractivity contribution is 6.02. The van der Waals surface area contributed by atoms with Gasteiger partial charge in [-0.25, -0.2) is 0 Å². The van der Waals surface area contributed by atoms with Crippen LogP contribution >= 0.6 is 12.4 Å². The van der Waals surface area contributed by atoms with Crippen LogP contribution in [0.3, 0.4) is 0 Å². The summed E-state index contributed by atoms with van der Waals surface area (Å²) in [7, 11) is 2.07. The highest BCUT2D eigenvalue weighted by Crippen LogP contribution is 2.35. The van der Waals surface area contributed by atoms with Crippen molar-refractivity contribution in [2.45, 2.75) is 6.54 Å². The van der Waals surface area contributed by atoms with E-state index in [2.05, 4.69) is 11.9 Å². The van der Waals surface area contributed by atoms with Crippen LogP contribution in [0.1, 0.15) is 15.9 Å². The second kappa shape index (κ2) is 8.09. The molecular weight excluding hydrogens is 398 g/mol. The first kappa shape index (κ1) is 20.4. The van der Waals surface area contributed by atoms with Crippen LogP contribution in [0.15, 0.2) is 65.5 Å². The molecule has 2 aliphatic rings. The van der Waals surface area contributed by atoms with E-state index in [1.54, 1.807) is 4.57 Å². The van der Waals surface area contributed by atoms with Crippen molar-refractivity contribution in [3.05, 3.63) is 82.1 Å². The predicted octanol–water partition coefficient (Wildman–Crippen LogP) is 3.35. The van der Waals surface area contributed by atoms with Gasteiger partial charge in [-0.3, -0.25) is 9.59 Å². The van der Waals surface area contributed by atoms with Crippen molar-refractivity contribution in [2.24, 2.45) is 0 Å². The Hall–Kier alpha value is -2.89. The number of aromatic nitrogens is 1. The van der Waals surface area contributed by atoms with E-state index in [9.17, 15) is 9.59 Å². The number of halogens is 1. The zero-order valence-electron chi connectivity index (χ0n) is 16.9. The first-order chi connectivity index (χ1) is 14.1. The molecule has 0 atom stereocenters. The SMILES string of the molecule is CN1CCN(C(=O)c2cc(-c3ccccc3)c(=O)n3c2-c2ccccc2C3)CC1.Cl. The Kier molecular flexibility index (Phi) is 5.50. The number of fused-ring (bicyclic) bond motifs is 3. The average Bonchev–Trinajstić information content (AvgIpc) is 3.15. The Morgan fingerprint density at radius 1 is 0.867 bits per heavy atom. The maximum absolute atomic E-state index is 13.6. The van der Waals surface area contributed by atoms with Gasteiger partial charge in [-0.2, -0.15) is 0 Å². The zero-order valence-corrected chi connectivity index (χ0v) is 17.7. The molecule has 6 heteroatoms. The van der Waals surface area contributed by atoms with Crippen LogP contribution in [0.4, 0.5) is 0 Å². The van der Waals surface area contributed by atoms with E-state index in [4.69, 9.17) is 0 Å². The lowest BCUT2D eigenvalue weighted by Crippen LogP contribution is -2.47. The highest BCUT2D eigenvalue weighted by Gasteiger charge is 2.30. The highest BCUT2D eigenvalue weighted by atomic mass is 35.5. The van der Waals surface area contributed by atoms with Crippen LogP contribution in [-0.4, -0.2) is 53.5 Å². The monoisotopic (exact) mass is 421 g/mol. The molecule has 30 heavy (non-hydrogen) atoms. The molecule has 1 saturated heterocycles. The van der Waals surface area contributed by atoms with E-state index < -0.39 is 0 Å². The van der Waals surface area contributed by atoms with Gasteiger partial charge < -0.3 is 14.4 Å². The summed E-state index contributed by atoms with van der Waals surface area (Å²) in [6, 6.07) is 19.4. The summed E-state index contributed by atoms with van der Waals surface area (Å²) in [5.74, 6) is 0.00994. The number of carbonyl (C=O) groups excluding carboxylic acids is 1. The number of likely N-dealkylation sites (N-methyl/N-ethyl adjacent to an activating group) is 1. The minimum absolute atomic E-state index is 0. The number of nitrogens with zero attached hydrogens (tertiary/aromatic N) is 3. The van der Waals surface area contributed by atoms with E-state index in [0.717, 1.165) is 35.5 Å². The smallest absolute Gasteiger partial charge is 0.259 e. The fourth-order valence-electron chi connectivity index (χ4n) is 4.34. The number of amides is 1. The minimum Gasteiger partial charge on any atom is -0.336 e. The Balaban J connectivity index is 0.00000218. The van der Waals surface area contributed by atoms with Gasteiger partial charge in [-0.05, 0) is 24.2 Å². The van der Waals surface area contributed by atoms with E-state index >= 15 is 0 Å². The van der Waals surface area contributed by atoms with Crippen molar-refractivity contribution >= 4 is 18.3 Å². The molecule has 0 saturated carbocycles. The fourth-order valence-corrected chi connectivity index (χ4v) is 4.34. The molecule has 5 rings (SSSR count). The first-order valence-corrected chi connectivity index (χ1v) is 10.0. The molecule has 1 fully saturated rings. The number of hydrogen-bond acceptors (Lipinski definition) is 3. The number of pyridine rings is 1. The number of hydrogen-bond donors (Lipinski definition) is 0. The molecule has 5 nitrogen and oxygen atoms in total. The minimum atomic E-state index is -0.0441. The third kappa shape index (κ3) is 3.34. The summed E-state index contributed by atoms with van der Waals surface area (Å²) in [6.07, 6.45) is 0. The van der Waals surface area contributed by atoms with Gasteiger partial charge in [0.2, 0.25) is 0 Å². The Morgan fingerprint density at radius 3 is 2.27 bits per heavy atom. The van der Waals surface area contributed by atoms with Crippen LogP contribution < -0.4 is 5.56 Å². The molecule has 3 heterocycles. The zero-order chi connectivity index (χ0) is 20.0. The summed E-state index contributed by atoms with van der Waals surface area (Å²) in [5.41, 5.74) is 4.84. The lowest BCUT2D eigenvalue weighted by Gasteiger charge is -2.33. The molecular formula is C24H24ClN3O2. The molecule has 1 amide bonds. The van der Waals surface area contributed by atoms with E-state index in [0.29, 0.717) is 30.8 Å². The van der Waals surface area contributed by atoms with Crippen molar-refractivity contribution in [3.63, 3.8) is 0 Å². The van der Waals surface area contributed by atoms with Crippen LogP contribution in [0.5, 0.6) is 0 Å². The van der Waals surface area contributed by atoms with Gasteiger partial charge in [-0.1, -0.05) is 54.6 Å². The van der Waals surface area contributed by atoms with Crippen LogP contribution in [-0.2, 0) is 6.54 Å². The number of carbonyl (C=O) groups is 1. The van der Waals surface area contributed by atoms with Gasteiger partial charge in [0.25, 0.3) is 11.5 Å². The van der Waals surface area contributed by atoms with Gasteiger partial charge in [0.1, 0.15) is 0 Å². The average molecular weight is 422 g/mol. The fraction of sp³-hybridized carbons (Fsp3) is 0.250. The third-order valence-corrected chi connectivity index (χ3v) is 6.00. The molecule has 0 spiro atoms. The van der Waals surface area contributed by atoms with E-state index in [1.807, 2.05) is 65.6 Å². The maximum Gasteiger partial charge on any atom is 0.259 e. The molecule has 0 unspecified atom stereocenters. The standard InChI is InChI=1S/C24H23N3O2.ClH/c1-25-11-13-26(14-12-25)23(28)21-15-20(17-7-3-2-4-8-17)24(29)27-16-18-9-5-6-10-19(18)22(21)27;/h2-10,15H,11-14,16H2,1H3;1H. The van der Waals surface area contributed by atoms with E-state index in [-0.39, 0.29) is 23.9 Å². The topological polar surface area (TPSA) is 45.6 Å². The molecule has 154 valence electrons. The largest absolute Gasteiger partial charge is 0.336 e.